The Balaban J connectivity index is 1.93. The molecule has 116 valence electrons. The summed E-state index contributed by atoms with van der Waals surface area (Å²) in [5.41, 5.74) is 6.16. The molecule has 1 aliphatic rings. The Labute approximate surface area is 128 Å². The van der Waals surface area contributed by atoms with E-state index in [0.717, 1.165) is 26.2 Å². The fourth-order valence-electron chi connectivity index (χ4n) is 2.49. The Kier molecular flexibility index (Phi) is 5.39. The van der Waals surface area contributed by atoms with E-state index in [2.05, 4.69) is 15.0 Å². The highest BCUT2D eigenvalue weighted by Crippen LogP contribution is 2.21. The lowest BCUT2D eigenvalue weighted by molar-refractivity contribution is 0.115. The lowest BCUT2D eigenvalue weighted by atomic mass is 10.1. The predicted octanol–water partition coefficient (Wildman–Crippen LogP) is 1.73. The van der Waals surface area contributed by atoms with E-state index in [0.29, 0.717) is 17.1 Å². The van der Waals surface area contributed by atoms with Crippen LogP contribution in [-0.2, 0) is 6.54 Å². The topological polar surface area (TPSA) is 65.1 Å². The van der Waals surface area contributed by atoms with Gasteiger partial charge in [-0.3, -0.25) is 9.80 Å². The van der Waals surface area contributed by atoms with Crippen LogP contribution >= 0.6 is 11.6 Å². The van der Waals surface area contributed by atoms with Gasteiger partial charge in [0.15, 0.2) is 5.84 Å². The number of nitrogens with zero attached hydrogens (tertiary/aromatic N) is 3. The molecule has 0 aliphatic carbocycles. The van der Waals surface area contributed by atoms with Crippen molar-refractivity contribution < 1.29 is 9.60 Å². The maximum absolute atomic E-state index is 13.8. The molecule has 7 heteroatoms. The van der Waals surface area contributed by atoms with Crippen molar-refractivity contribution >= 4 is 17.4 Å². The van der Waals surface area contributed by atoms with Crippen molar-refractivity contribution in [2.75, 3.05) is 26.2 Å². The Bertz CT molecular complexity index is 497. The summed E-state index contributed by atoms with van der Waals surface area (Å²) in [5, 5.41) is 12.2. The van der Waals surface area contributed by atoms with E-state index in [-0.39, 0.29) is 17.7 Å². The molecule has 1 heterocycles. The number of benzene rings is 1. The van der Waals surface area contributed by atoms with Gasteiger partial charge < -0.3 is 10.9 Å². The molecular formula is C14H20ClFN4O. The standard InChI is InChI=1S/C14H20ClFN4O/c1-10(14(17)18-21)20-7-5-19(6-8-20)9-11-12(15)3-2-4-13(11)16/h2-4,10,21H,5-9H2,1H3,(H2,17,18). The third-order valence-corrected chi connectivity index (χ3v) is 4.30. The normalized spacial score (nSPS) is 19.7. The fourth-order valence-corrected chi connectivity index (χ4v) is 2.71. The van der Waals surface area contributed by atoms with E-state index in [9.17, 15) is 4.39 Å². The fraction of sp³-hybridized carbons (Fsp3) is 0.500. The van der Waals surface area contributed by atoms with Gasteiger partial charge in [-0.1, -0.05) is 22.8 Å². The molecule has 21 heavy (non-hydrogen) atoms. The second kappa shape index (κ2) is 7.06. The van der Waals surface area contributed by atoms with Crippen molar-refractivity contribution in [3.63, 3.8) is 0 Å². The second-order valence-electron chi connectivity index (χ2n) is 5.21. The molecule has 0 spiro atoms. The van der Waals surface area contributed by atoms with Gasteiger partial charge in [0.05, 0.1) is 6.04 Å². The first-order valence-corrected chi connectivity index (χ1v) is 7.27. The lowest BCUT2D eigenvalue weighted by Gasteiger charge is -2.37. The van der Waals surface area contributed by atoms with Gasteiger partial charge in [-0.05, 0) is 19.1 Å². The summed E-state index contributed by atoms with van der Waals surface area (Å²) in [6.07, 6.45) is 0. The average Bonchev–Trinajstić information content (AvgIpc) is 2.50. The van der Waals surface area contributed by atoms with E-state index >= 15 is 0 Å². The van der Waals surface area contributed by atoms with Crippen LogP contribution in [0.5, 0.6) is 0 Å². The summed E-state index contributed by atoms with van der Waals surface area (Å²) in [6, 6.07) is 4.64. The second-order valence-corrected chi connectivity index (χ2v) is 5.62. The van der Waals surface area contributed by atoms with Crippen molar-refractivity contribution in [3.05, 3.63) is 34.6 Å². The highest BCUT2D eigenvalue weighted by Gasteiger charge is 2.24. The van der Waals surface area contributed by atoms with E-state index in [4.69, 9.17) is 22.5 Å². The van der Waals surface area contributed by atoms with Gasteiger partial charge in [-0.2, -0.15) is 0 Å². The van der Waals surface area contributed by atoms with E-state index in [1.807, 2.05) is 6.92 Å². The Morgan fingerprint density at radius 1 is 1.43 bits per heavy atom. The van der Waals surface area contributed by atoms with Crippen molar-refractivity contribution in [2.24, 2.45) is 10.9 Å². The van der Waals surface area contributed by atoms with Crippen LogP contribution in [0, 0.1) is 5.82 Å². The molecule has 1 aromatic carbocycles. The minimum absolute atomic E-state index is 0.103. The molecule has 1 aromatic rings. The SMILES string of the molecule is CC(C(N)=NO)N1CCN(Cc2c(F)cccc2Cl)CC1. The zero-order valence-electron chi connectivity index (χ0n) is 12.0. The number of rotatable bonds is 4. The monoisotopic (exact) mass is 314 g/mol. The quantitative estimate of drug-likeness (QED) is 0.384. The lowest BCUT2D eigenvalue weighted by Crippen LogP contribution is -2.52. The van der Waals surface area contributed by atoms with Crippen LogP contribution in [0.3, 0.4) is 0 Å². The predicted molar refractivity (Wildman–Crippen MR) is 81.1 cm³/mol. The summed E-state index contributed by atoms with van der Waals surface area (Å²) >= 11 is 6.05. The van der Waals surface area contributed by atoms with Gasteiger partial charge in [-0.15, -0.1) is 0 Å². The van der Waals surface area contributed by atoms with E-state index < -0.39 is 0 Å². The average molecular weight is 315 g/mol. The van der Waals surface area contributed by atoms with Crippen LogP contribution in [0.2, 0.25) is 5.02 Å². The summed E-state index contributed by atoms with van der Waals surface area (Å²) in [7, 11) is 0. The third kappa shape index (κ3) is 3.84. The van der Waals surface area contributed by atoms with Crippen LogP contribution in [0.4, 0.5) is 4.39 Å². The number of halogens is 2. The molecule has 0 aromatic heterocycles. The number of hydrogen-bond acceptors (Lipinski definition) is 4. The maximum Gasteiger partial charge on any atom is 0.156 e. The van der Waals surface area contributed by atoms with Crippen molar-refractivity contribution in [1.82, 2.24) is 9.80 Å². The van der Waals surface area contributed by atoms with Crippen LogP contribution in [0.1, 0.15) is 12.5 Å². The van der Waals surface area contributed by atoms with Crippen LogP contribution in [0.25, 0.3) is 0 Å². The van der Waals surface area contributed by atoms with Gasteiger partial charge >= 0.3 is 0 Å². The molecule has 5 nitrogen and oxygen atoms in total. The Hall–Kier alpha value is -1.37. The zero-order valence-corrected chi connectivity index (χ0v) is 12.7. The zero-order chi connectivity index (χ0) is 15.4. The number of piperazine rings is 1. The van der Waals surface area contributed by atoms with E-state index in [1.54, 1.807) is 12.1 Å². The summed E-state index contributed by atoms with van der Waals surface area (Å²) < 4.78 is 13.8. The van der Waals surface area contributed by atoms with Gasteiger partial charge in [0.2, 0.25) is 0 Å². The van der Waals surface area contributed by atoms with Crippen molar-refractivity contribution in [1.29, 1.82) is 0 Å². The smallest absolute Gasteiger partial charge is 0.156 e. The van der Waals surface area contributed by atoms with Crippen molar-refractivity contribution in [2.45, 2.75) is 19.5 Å². The van der Waals surface area contributed by atoms with E-state index in [1.165, 1.54) is 6.07 Å². The number of amidine groups is 1. The van der Waals surface area contributed by atoms with Crippen LogP contribution in [-0.4, -0.2) is 53.1 Å². The molecular weight excluding hydrogens is 295 g/mol. The van der Waals surface area contributed by atoms with Crippen LogP contribution in [0.15, 0.2) is 23.4 Å². The molecule has 1 unspecified atom stereocenters. The Morgan fingerprint density at radius 2 is 2.10 bits per heavy atom. The molecule has 0 amide bonds. The highest BCUT2D eigenvalue weighted by molar-refractivity contribution is 6.31. The van der Waals surface area contributed by atoms with Crippen molar-refractivity contribution in [3.8, 4) is 0 Å². The first-order valence-electron chi connectivity index (χ1n) is 6.89. The number of nitrogens with two attached hydrogens (primary N) is 1. The molecule has 0 radical (unpaired) electrons. The molecule has 1 fully saturated rings. The first kappa shape index (κ1) is 16.0. The van der Waals surface area contributed by atoms with Gasteiger partial charge in [0.1, 0.15) is 5.82 Å². The highest BCUT2D eigenvalue weighted by atomic mass is 35.5. The summed E-state index contributed by atoms with van der Waals surface area (Å²) in [4.78, 5) is 4.29. The summed E-state index contributed by atoms with van der Waals surface area (Å²) in [6.45, 7) is 5.53. The number of oxime groups is 1. The molecule has 1 saturated heterocycles. The minimum Gasteiger partial charge on any atom is -0.409 e. The summed E-state index contributed by atoms with van der Waals surface area (Å²) in [5.74, 6) is -0.0597. The van der Waals surface area contributed by atoms with Gasteiger partial charge in [0, 0.05) is 43.3 Å². The first-order chi connectivity index (χ1) is 10.0. The molecule has 3 N–H and O–H groups in total. The largest absolute Gasteiger partial charge is 0.409 e. The Morgan fingerprint density at radius 3 is 2.67 bits per heavy atom. The minimum atomic E-state index is -0.269. The number of hydrogen-bond donors (Lipinski definition) is 2. The van der Waals surface area contributed by atoms with Crippen LogP contribution < -0.4 is 5.73 Å². The van der Waals surface area contributed by atoms with Gasteiger partial charge in [-0.25, -0.2) is 4.39 Å². The molecule has 2 rings (SSSR count). The third-order valence-electron chi connectivity index (χ3n) is 3.94. The molecule has 0 saturated carbocycles. The molecule has 1 aliphatic heterocycles. The molecule has 1 atom stereocenters. The van der Waals surface area contributed by atoms with Gasteiger partial charge in [0.25, 0.3) is 0 Å². The maximum atomic E-state index is 13.8. The molecule has 0 bridgehead atoms.